The molecule has 0 aromatic heterocycles. The minimum Gasteiger partial charge on any atom is -0.489 e. The minimum absolute atomic E-state index is 0.0294. The van der Waals surface area contributed by atoms with Crippen molar-refractivity contribution in [3.8, 4) is 5.75 Å². The third-order valence-corrected chi connectivity index (χ3v) is 5.27. The molecule has 32 heavy (non-hydrogen) atoms. The molecule has 3 aromatic rings. The first-order chi connectivity index (χ1) is 15.1. The monoisotopic (exact) mass is 470 g/mol. The van der Waals surface area contributed by atoms with E-state index in [2.05, 4.69) is 38.1 Å². The molecule has 0 heterocycles. The quantitative estimate of drug-likeness (QED) is 0.197. The van der Waals surface area contributed by atoms with Gasteiger partial charge >= 0.3 is 5.97 Å². The van der Waals surface area contributed by atoms with Crippen LogP contribution in [0, 0.1) is 0 Å². The van der Waals surface area contributed by atoms with Gasteiger partial charge in [0.15, 0.2) is 5.84 Å². The number of amidine groups is 1. The van der Waals surface area contributed by atoms with E-state index < -0.39 is 5.97 Å². The van der Waals surface area contributed by atoms with Gasteiger partial charge in [0.1, 0.15) is 12.4 Å². The van der Waals surface area contributed by atoms with Gasteiger partial charge in [-0.1, -0.05) is 73.4 Å². The number of nitrogens with two attached hydrogens (primary N) is 1. The van der Waals surface area contributed by atoms with Crippen LogP contribution in [0.1, 0.15) is 47.8 Å². The lowest BCUT2D eigenvalue weighted by Crippen LogP contribution is -2.16. The van der Waals surface area contributed by atoms with E-state index >= 15 is 0 Å². The van der Waals surface area contributed by atoms with Gasteiger partial charge < -0.3 is 15.3 Å². The number of nitrogens with zero attached hydrogens (tertiary/aromatic N) is 1. The molecular formula is C25H24Cl2N2O3. The molecule has 0 aliphatic heterocycles. The topological polar surface area (TPSA) is 73.9 Å². The Morgan fingerprint density at radius 2 is 1.72 bits per heavy atom. The molecule has 0 aliphatic carbocycles. The first-order valence-electron chi connectivity index (χ1n) is 9.96. The van der Waals surface area contributed by atoms with Gasteiger partial charge in [0.2, 0.25) is 0 Å². The van der Waals surface area contributed by atoms with Crippen molar-refractivity contribution in [2.45, 2.75) is 32.8 Å². The van der Waals surface area contributed by atoms with Crippen LogP contribution in [0.3, 0.4) is 0 Å². The van der Waals surface area contributed by atoms with Crippen molar-refractivity contribution in [3.05, 3.63) is 99.0 Å². The summed E-state index contributed by atoms with van der Waals surface area (Å²) < 4.78 is 5.85. The summed E-state index contributed by atoms with van der Waals surface area (Å²) in [6, 6.07) is 19.7. The lowest BCUT2D eigenvalue weighted by Gasteiger charge is -2.19. The molecule has 0 saturated heterocycles. The fourth-order valence-corrected chi connectivity index (χ4v) is 3.40. The Hall–Kier alpha value is -3.02. The van der Waals surface area contributed by atoms with Crippen molar-refractivity contribution in [3.63, 3.8) is 0 Å². The van der Waals surface area contributed by atoms with Gasteiger partial charge in [-0.15, -0.1) is 0 Å². The van der Waals surface area contributed by atoms with E-state index in [1.807, 2.05) is 18.2 Å². The lowest BCUT2D eigenvalue weighted by atomic mass is 9.87. The van der Waals surface area contributed by atoms with E-state index in [9.17, 15) is 4.79 Å². The maximum Gasteiger partial charge on any atom is 0.365 e. The van der Waals surface area contributed by atoms with Crippen LogP contribution >= 0.6 is 23.2 Å². The van der Waals surface area contributed by atoms with E-state index in [0.717, 1.165) is 11.3 Å². The second kappa shape index (κ2) is 10.1. The standard InChI is InChI=1S/C25H24Cl2N2O3/c1-25(2,3)18-7-10-20(11-8-18)31-15-16-5-4-6-17(13-16)24(30)32-29-23(28)21-12-9-19(26)14-22(21)27/h4-14H,15H2,1-3H3,(H2,28,29). The molecule has 3 aromatic carbocycles. The highest BCUT2D eigenvalue weighted by Gasteiger charge is 2.13. The Morgan fingerprint density at radius 1 is 1.00 bits per heavy atom. The van der Waals surface area contributed by atoms with Crippen molar-refractivity contribution >= 4 is 35.0 Å². The number of rotatable bonds is 6. The lowest BCUT2D eigenvalue weighted by molar-refractivity contribution is 0.0516. The molecule has 0 bridgehead atoms. The second-order valence-electron chi connectivity index (χ2n) is 8.24. The summed E-state index contributed by atoms with van der Waals surface area (Å²) in [7, 11) is 0. The highest BCUT2D eigenvalue weighted by molar-refractivity contribution is 6.36. The predicted octanol–water partition coefficient (Wildman–Crippen LogP) is 6.35. The maximum absolute atomic E-state index is 12.4. The minimum atomic E-state index is -0.644. The number of halogens is 2. The van der Waals surface area contributed by atoms with Crippen LogP contribution in [0.25, 0.3) is 0 Å². The van der Waals surface area contributed by atoms with Crippen LogP contribution in [0.2, 0.25) is 10.0 Å². The zero-order valence-electron chi connectivity index (χ0n) is 18.1. The maximum atomic E-state index is 12.4. The number of hydrogen-bond donors (Lipinski definition) is 1. The smallest absolute Gasteiger partial charge is 0.365 e. The molecule has 7 heteroatoms. The van der Waals surface area contributed by atoms with Crippen molar-refractivity contribution in [1.82, 2.24) is 0 Å². The third-order valence-electron chi connectivity index (χ3n) is 4.72. The van der Waals surface area contributed by atoms with E-state index in [0.29, 0.717) is 27.8 Å². The van der Waals surface area contributed by atoms with Gasteiger partial charge in [-0.05, 0) is 59.0 Å². The molecular weight excluding hydrogens is 447 g/mol. The summed E-state index contributed by atoms with van der Waals surface area (Å²) in [6.45, 7) is 6.79. The normalized spacial score (nSPS) is 11.8. The summed E-state index contributed by atoms with van der Waals surface area (Å²) in [6.07, 6.45) is 0. The molecule has 0 atom stereocenters. The fraction of sp³-hybridized carbons (Fsp3) is 0.200. The summed E-state index contributed by atoms with van der Waals surface area (Å²) in [5, 5.41) is 4.47. The van der Waals surface area contributed by atoms with Crippen molar-refractivity contribution in [2.75, 3.05) is 0 Å². The predicted molar refractivity (Wildman–Crippen MR) is 129 cm³/mol. The molecule has 0 spiro atoms. The first kappa shape index (κ1) is 23.6. The van der Waals surface area contributed by atoms with Crippen LogP contribution in [-0.2, 0) is 16.9 Å². The van der Waals surface area contributed by atoms with Gasteiger partial charge in [0.25, 0.3) is 0 Å². The molecule has 0 radical (unpaired) electrons. The molecule has 0 fully saturated rings. The fourth-order valence-electron chi connectivity index (χ4n) is 2.90. The van der Waals surface area contributed by atoms with Crippen LogP contribution in [-0.4, -0.2) is 11.8 Å². The van der Waals surface area contributed by atoms with E-state index in [1.165, 1.54) is 11.6 Å². The van der Waals surface area contributed by atoms with Crippen molar-refractivity contribution in [2.24, 2.45) is 10.9 Å². The zero-order chi connectivity index (χ0) is 23.3. The number of carbonyl (C=O) groups excluding carboxylic acids is 1. The van der Waals surface area contributed by atoms with E-state index in [4.69, 9.17) is 38.5 Å². The molecule has 0 amide bonds. The Balaban J connectivity index is 1.63. The number of oxime groups is 1. The molecule has 2 N–H and O–H groups in total. The molecule has 166 valence electrons. The first-order valence-corrected chi connectivity index (χ1v) is 10.7. The average molecular weight is 471 g/mol. The van der Waals surface area contributed by atoms with Gasteiger partial charge in [-0.25, -0.2) is 4.79 Å². The van der Waals surface area contributed by atoms with Crippen molar-refractivity contribution < 1.29 is 14.4 Å². The van der Waals surface area contributed by atoms with Crippen LogP contribution in [0.4, 0.5) is 0 Å². The SMILES string of the molecule is CC(C)(C)c1ccc(OCc2cccc(C(=O)O/N=C(\N)c3ccc(Cl)cc3Cl)c2)cc1. The average Bonchev–Trinajstić information content (AvgIpc) is 2.75. The highest BCUT2D eigenvalue weighted by atomic mass is 35.5. The van der Waals surface area contributed by atoms with Crippen molar-refractivity contribution in [1.29, 1.82) is 0 Å². The second-order valence-corrected chi connectivity index (χ2v) is 9.09. The largest absolute Gasteiger partial charge is 0.489 e. The Labute approximate surface area is 197 Å². The van der Waals surface area contributed by atoms with Gasteiger partial charge in [0.05, 0.1) is 10.6 Å². The highest BCUT2D eigenvalue weighted by Crippen LogP contribution is 2.25. The van der Waals surface area contributed by atoms with E-state index in [-0.39, 0.29) is 11.3 Å². The number of benzene rings is 3. The van der Waals surface area contributed by atoms with Crippen LogP contribution in [0.15, 0.2) is 71.9 Å². The van der Waals surface area contributed by atoms with Gasteiger partial charge in [-0.3, -0.25) is 0 Å². The van der Waals surface area contributed by atoms with Gasteiger partial charge in [-0.2, -0.15) is 0 Å². The summed E-state index contributed by atoms with van der Waals surface area (Å²) >= 11 is 12.0. The van der Waals surface area contributed by atoms with Gasteiger partial charge in [0, 0.05) is 10.6 Å². The Morgan fingerprint density at radius 3 is 2.38 bits per heavy atom. The number of carbonyl (C=O) groups is 1. The molecule has 5 nitrogen and oxygen atoms in total. The number of hydrogen-bond acceptors (Lipinski definition) is 4. The number of ether oxygens (including phenoxy) is 1. The molecule has 3 rings (SSSR count). The Kier molecular flexibility index (Phi) is 7.44. The molecule has 0 aliphatic rings. The van der Waals surface area contributed by atoms with Crippen LogP contribution < -0.4 is 10.5 Å². The third kappa shape index (κ3) is 6.25. The Bertz CT molecular complexity index is 1140. The molecule has 0 unspecified atom stereocenters. The van der Waals surface area contributed by atoms with Crippen LogP contribution in [0.5, 0.6) is 5.75 Å². The summed E-state index contributed by atoms with van der Waals surface area (Å²) in [4.78, 5) is 17.4. The summed E-state index contributed by atoms with van der Waals surface area (Å²) in [5.74, 6) is 0.0795. The zero-order valence-corrected chi connectivity index (χ0v) is 19.6. The van der Waals surface area contributed by atoms with E-state index in [1.54, 1.807) is 30.3 Å². The molecule has 0 saturated carbocycles. The summed E-state index contributed by atoms with van der Waals surface area (Å²) in [5.41, 5.74) is 8.75.